The number of piperidine rings is 1. The Hall–Kier alpha value is -3.89. The zero-order valence-electron chi connectivity index (χ0n) is 20.0. The fourth-order valence-electron chi connectivity index (χ4n) is 4.44. The molecule has 0 aromatic heterocycles. The maximum Gasteiger partial charge on any atom is 0.255 e. The van der Waals surface area contributed by atoms with E-state index < -0.39 is 0 Å². The van der Waals surface area contributed by atoms with Crippen LogP contribution in [0.1, 0.15) is 23.2 Å². The standard InChI is InChI=1S/C31H30N2O2/c1-33-20-18-30(19-21-33)35-29-16-12-25(13-17-29)24-10-14-28(15-11-24)32-31(34)27-9-5-8-26(22-27)23-6-3-2-4-7-23/h2-17,22,30H,18-21H2,1H3,(H,32,34). The van der Waals surface area contributed by atoms with Gasteiger partial charge in [-0.3, -0.25) is 4.79 Å². The first-order valence-corrected chi connectivity index (χ1v) is 12.2. The fourth-order valence-corrected chi connectivity index (χ4v) is 4.44. The van der Waals surface area contributed by atoms with Crippen LogP contribution < -0.4 is 10.1 Å². The van der Waals surface area contributed by atoms with Crippen LogP contribution >= 0.6 is 0 Å². The average molecular weight is 463 g/mol. The molecular formula is C31H30N2O2. The first-order valence-electron chi connectivity index (χ1n) is 12.2. The van der Waals surface area contributed by atoms with Crippen LogP contribution in [0.15, 0.2) is 103 Å². The van der Waals surface area contributed by atoms with Gasteiger partial charge in [0.1, 0.15) is 11.9 Å². The second kappa shape index (κ2) is 10.6. The van der Waals surface area contributed by atoms with Crippen molar-refractivity contribution in [1.82, 2.24) is 4.90 Å². The molecule has 1 heterocycles. The van der Waals surface area contributed by atoms with Gasteiger partial charge in [0.25, 0.3) is 5.91 Å². The van der Waals surface area contributed by atoms with Crippen molar-refractivity contribution in [2.75, 3.05) is 25.5 Å². The van der Waals surface area contributed by atoms with E-state index in [2.05, 4.69) is 29.4 Å². The summed E-state index contributed by atoms with van der Waals surface area (Å²) in [5.74, 6) is 0.802. The highest BCUT2D eigenvalue weighted by molar-refractivity contribution is 6.05. The maximum absolute atomic E-state index is 12.8. The van der Waals surface area contributed by atoms with E-state index in [1.807, 2.05) is 91.0 Å². The Morgan fingerprint density at radius 3 is 2.03 bits per heavy atom. The number of hydrogen-bond acceptors (Lipinski definition) is 3. The summed E-state index contributed by atoms with van der Waals surface area (Å²) in [7, 11) is 2.16. The largest absolute Gasteiger partial charge is 0.490 e. The monoisotopic (exact) mass is 462 g/mol. The summed E-state index contributed by atoms with van der Waals surface area (Å²) in [6, 6.07) is 34.0. The van der Waals surface area contributed by atoms with Crippen molar-refractivity contribution < 1.29 is 9.53 Å². The molecule has 4 aromatic carbocycles. The third kappa shape index (κ3) is 5.79. The third-order valence-electron chi connectivity index (χ3n) is 6.53. The number of benzene rings is 4. The molecule has 0 spiro atoms. The smallest absolute Gasteiger partial charge is 0.255 e. The van der Waals surface area contributed by atoms with Crippen molar-refractivity contribution >= 4 is 11.6 Å². The topological polar surface area (TPSA) is 41.6 Å². The minimum absolute atomic E-state index is 0.120. The maximum atomic E-state index is 12.8. The van der Waals surface area contributed by atoms with Gasteiger partial charge < -0.3 is 15.0 Å². The Morgan fingerprint density at radius 1 is 0.743 bits per heavy atom. The molecule has 1 N–H and O–H groups in total. The van der Waals surface area contributed by atoms with Crippen molar-refractivity contribution in [3.63, 3.8) is 0 Å². The number of nitrogens with zero attached hydrogens (tertiary/aromatic N) is 1. The summed E-state index contributed by atoms with van der Waals surface area (Å²) in [6.07, 6.45) is 2.44. The first kappa shape index (κ1) is 22.9. The van der Waals surface area contributed by atoms with Gasteiger partial charge in [0, 0.05) is 24.3 Å². The second-order valence-corrected chi connectivity index (χ2v) is 9.12. The molecule has 0 aliphatic carbocycles. The van der Waals surface area contributed by atoms with Gasteiger partial charge in [0.2, 0.25) is 0 Å². The van der Waals surface area contributed by atoms with Crippen LogP contribution in [0.4, 0.5) is 5.69 Å². The van der Waals surface area contributed by atoms with E-state index in [4.69, 9.17) is 4.74 Å². The predicted octanol–water partition coefficient (Wildman–Crippen LogP) is 6.75. The molecule has 0 bridgehead atoms. The zero-order valence-corrected chi connectivity index (χ0v) is 20.0. The molecular weight excluding hydrogens is 432 g/mol. The molecule has 4 heteroatoms. The van der Waals surface area contributed by atoms with Crippen molar-refractivity contribution in [3.05, 3.63) is 109 Å². The molecule has 1 aliphatic rings. The SMILES string of the molecule is CN1CCC(Oc2ccc(-c3ccc(NC(=O)c4cccc(-c5ccccc5)c4)cc3)cc2)CC1. The fraction of sp³-hybridized carbons (Fsp3) is 0.194. The van der Waals surface area contributed by atoms with Crippen LogP contribution in [0.3, 0.4) is 0 Å². The highest BCUT2D eigenvalue weighted by atomic mass is 16.5. The molecule has 176 valence electrons. The van der Waals surface area contributed by atoms with Crippen LogP contribution in [0.5, 0.6) is 5.75 Å². The Labute approximate surface area is 207 Å². The summed E-state index contributed by atoms with van der Waals surface area (Å²) in [4.78, 5) is 15.2. The van der Waals surface area contributed by atoms with Gasteiger partial charge in [0.15, 0.2) is 0 Å². The highest BCUT2D eigenvalue weighted by Gasteiger charge is 2.18. The molecule has 0 radical (unpaired) electrons. The number of likely N-dealkylation sites (tertiary alicyclic amines) is 1. The van der Waals surface area contributed by atoms with Crippen molar-refractivity contribution in [1.29, 1.82) is 0 Å². The lowest BCUT2D eigenvalue weighted by Gasteiger charge is -2.29. The molecule has 1 amide bonds. The number of carbonyl (C=O) groups excluding carboxylic acids is 1. The first-order chi connectivity index (χ1) is 17.1. The van der Waals surface area contributed by atoms with Gasteiger partial charge >= 0.3 is 0 Å². The number of hydrogen-bond donors (Lipinski definition) is 1. The zero-order chi connectivity index (χ0) is 24.0. The summed E-state index contributed by atoms with van der Waals surface area (Å²) in [5, 5.41) is 3.01. The lowest BCUT2D eigenvalue weighted by atomic mass is 10.0. The molecule has 4 nitrogen and oxygen atoms in total. The normalized spacial score (nSPS) is 14.4. The number of carbonyl (C=O) groups is 1. The van der Waals surface area contributed by atoms with Crippen molar-refractivity contribution in [2.24, 2.45) is 0 Å². The summed E-state index contributed by atoms with van der Waals surface area (Å²) in [5.41, 5.74) is 5.74. The average Bonchev–Trinajstić information content (AvgIpc) is 2.91. The van der Waals surface area contributed by atoms with E-state index in [0.717, 1.165) is 59.6 Å². The van der Waals surface area contributed by atoms with Crippen LogP contribution in [-0.2, 0) is 0 Å². The van der Waals surface area contributed by atoms with Crippen LogP contribution in [0.2, 0.25) is 0 Å². The lowest BCUT2D eigenvalue weighted by molar-refractivity contribution is 0.102. The van der Waals surface area contributed by atoms with Gasteiger partial charge in [-0.15, -0.1) is 0 Å². The molecule has 1 saturated heterocycles. The molecule has 35 heavy (non-hydrogen) atoms. The second-order valence-electron chi connectivity index (χ2n) is 9.12. The van der Waals surface area contributed by atoms with Gasteiger partial charge in [-0.1, -0.05) is 66.7 Å². The number of rotatable bonds is 6. The Kier molecular flexibility index (Phi) is 6.92. The number of amides is 1. The Morgan fingerprint density at radius 2 is 1.34 bits per heavy atom. The third-order valence-corrected chi connectivity index (χ3v) is 6.53. The van der Waals surface area contributed by atoms with Gasteiger partial charge in [-0.05, 0) is 78.5 Å². The van der Waals surface area contributed by atoms with Gasteiger partial charge in [0.05, 0.1) is 0 Å². The Bertz CT molecular complexity index is 1260. The van der Waals surface area contributed by atoms with Crippen molar-refractivity contribution in [3.8, 4) is 28.0 Å². The minimum atomic E-state index is -0.120. The predicted molar refractivity (Wildman–Crippen MR) is 143 cm³/mol. The van der Waals surface area contributed by atoms with Gasteiger partial charge in [-0.25, -0.2) is 0 Å². The number of nitrogens with one attached hydrogen (secondary N) is 1. The highest BCUT2D eigenvalue weighted by Crippen LogP contribution is 2.26. The molecule has 0 unspecified atom stereocenters. The van der Waals surface area contributed by atoms with E-state index >= 15 is 0 Å². The number of ether oxygens (including phenoxy) is 1. The molecule has 5 rings (SSSR count). The van der Waals surface area contributed by atoms with Crippen molar-refractivity contribution in [2.45, 2.75) is 18.9 Å². The molecule has 1 aliphatic heterocycles. The quantitative estimate of drug-likeness (QED) is 0.345. The van der Waals surface area contributed by atoms with E-state index in [0.29, 0.717) is 11.7 Å². The van der Waals surface area contributed by atoms with Crippen LogP contribution in [0, 0.1) is 0 Å². The lowest BCUT2D eigenvalue weighted by Crippen LogP contribution is -2.35. The van der Waals surface area contributed by atoms with E-state index in [-0.39, 0.29) is 5.91 Å². The molecule has 1 fully saturated rings. The van der Waals surface area contributed by atoms with E-state index in [9.17, 15) is 4.79 Å². The molecule has 4 aromatic rings. The van der Waals surface area contributed by atoms with Crippen LogP contribution in [-0.4, -0.2) is 37.0 Å². The molecule has 0 atom stereocenters. The van der Waals surface area contributed by atoms with E-state index in [1.165, 1.54) is 0 Å². The van der Waals surface area contributed by atoms with Gasteiger partial charge in [-0.2, -0.15) is 0 Å². The Balaban J connectivity index is 1.21. The van der Waals surface area contributed by atoms with E-state index in [1.54, 1.807) is 0 Å². The summed E-state index contributed by atoms with van der Waals surface area (Å²) >= 11 is 0. The summed E-state index contributed by atoms with van der Waals surface area (Å²) < 4.78 is 6.16. The minimum Gasteiger partial charge on any atom is -0.490 e. The van der Waals surface area contributed by atoms with Crippen LogP contribution in [0.25, 0.3) is 22.3 Å². The molecule has 0 saturated carbocycles. The number of anilines is 1. The summed E-state index contributed by atoms with van der Waals surface area (Å²) in [6.45, 7) is 2.17.